The van der Waals surface area contributed by atoms with E-state index < -0.39 is 0 Å². The van der Waals surface area contributed by atoms with Crippen LogP contribution in [0.2, 0.25) is 0 Å². The summed E-state index contributed by atoms with van der Waals surface area (Å²) in [7, 11) is 0. The van der Waals surface area contributed by atoms with Gasteiger partial charge in [-0.3, -0.25) is 0 Å². The molecular weight excluding hydrogens is 150 g/mol. The highest BCUT2D eigenvalue weighted by molar-refractivity contribution is 4.96. The largest absolute Gasteiger partial charge is 0.388 e. The van der Waals surface area contributed by atoms with E-state index in [0.717, 1.165) is 19.4 Å². The van der Waals surface area contributed by atoms with Crippen molar-refractivity contribution in [3.63, 3.8) is 0 Å². The number of hydrogen-bond donors (Lipinski definition) is 2. The van der Waals surface area contributed by atoms with Gasteiger partial charge in [0.1, 0.15) is 0 Å². The molecule has 2 rings (SSSR count). The molecule has 0 amide bonds. The van der Waals surface area contributed by atoms with Crippen LogP contribution in [-0.2, 0) is 0 Å². The standard InChI is InChI=1S/C10H19NO/c12-10(6-2-3-7-10)9-5-1-4-8-11-9/h9,11-12H,1-8H2/t9-/m0/s1. The number of hydrogen-bond acceptors (Lipinski definition) is 2. The lowest BCUT2D eigenvalue weighted by atomic mass is 9.86. The van der Waals surface area contributed by atoms with E-state index in [9.17, 15) is 5.11 Å². The average Bonchev–Trinajstić information content (AvgIpc) is 2.55. The minimum absolute atomic E-state index is 0.347. The lowest BCUT2D eigenvalue weighted by Crippen LogP contribution is -2.51. The van der Waals surface area contributed by atoms with Crippen molar-refractivity contribution in [1.82, 2.24) is 5.32 Å². The molecule has 0 radical (unpaired) electrons. The Morgan fingerprint density at radius 2 is 1.83 bits per heavy atom. The van der Waals surface area contributed by atoms with Gasteiger partial charge in [-0.1, -0.05) is 19.3 Å². The summed E-state index contributed by atoms with van der Waals surface area (Å²) in [4.78, 5) is 0. The zero-order valence-corrected chi connectivity index (χ0v) is 7.68. The Kier molecular flexibility index (Phi) is 2.37. The van der Waals surface area contributed by atoms with Crippen LogP contribution in [0.4, 0.5) is 0 Å². The van der Waals surface area contributed by atoms with Crippen LogP contribution in [0.25, 0.3) is 0 Å². The molecule has 0 unspecified atom stereocenters. The molecule has 0 aromatic heterocycles. The van der Waals surface area contributed by atoms with Gasteiger partial charge >= 0.3 is 0 Å². The molecule has 0 aromatic rings. The maximum atomic E-state index is 10.3. The van der Waals surface area contributed by atoms with Crippen molar-refractivity contribution in [3.8, 4) is 0 Å². The minimum Gasteiger partial charge on any atom is -0.388 e. The third-order valence-corrected chi connectivity index (χ3v) is 3.43. The second-order valence-corrected chi connectivity index (χ2v) is 4.31. The van der Waals surface area contributed by atoms with Gasteiger partial charge in [0, 0.05) is 6.04 Å². The van der Waals surface area contributed by atoms with Crippen molar-refractivity contribution < 1.29 is 5.11 Å². The lowest BCUT2D eigenvalue weighted by molar-refractivity contribution is -0.000746. The van der Waals surface area contributed by atoms with Gasteiger partial charge < -0.3 is 10.4 Å². The van der Waals surface area contributed by atoms with Crippen molar-refractivity contribution in [2.75, 3.05) is 6.54 Å². The molecule has 1 atom stereocenters. The topological polar surface area (TPSA) is 32.3 Å². The van der Waals surface area contributed by atoms with E-state index in [1.807, 2.05) is 0 Å². The first-order valence-corrected chi connectivity index (χ1v) is 5.27. The molecule has 2 nitrogen and oxygen atoms in total. The molecule has 1 saturated heterocycles. The van der Waals surface area contributed by atoms with E-state index in [0.29, 0.717) is 6.04 Å². The van der Waals surface area contributed by atoms with E-state index in [2.05, 4.69) is 5.32 Å². The number of piperidine rings is 1. The van der Waals surface area contributed by atoms with Gasteiger partial charge in [0.15, 0.2) is 0 Å². The Morgan fingerprint density at radius 3 is 2.42 bits per heavy atom. The van der Waals surface area contributed by atoms with Crippen LogP contribution in [0.3, 0.4) is 0 Å². The van der Waals surface area contributed by atoms with Gasteiger partial charge in [0.25, 0.3) is 0 Å². The molecule has 12 heavy (non-hydrogen) atoms. The Bertz CT molecular complexity index is 146. The van der Waals surface area contributed by atoms with E-state index in [-0.39, 0.29) is 5.60 Å². The van der Waals surface area contributed by atoms with Gasteiger partial charge in [-0.15, -0.1) is 0 Å². The molecule has 2 N–H and O–H groups in total. The number of nitrogens with one attached hydrogen (secondary N) is 1. The van der Waals surface area contributed by atoms with Crippen LogP contribution in [0.1, 0.15) is 44.9 Å². The Morgan fingerprint density at radius 1 is 1.08 bits per heavy atom. The van der Waals surface area contributed by atoms with Crippen LogP contribution in [0, 0.1) is 0 Å². The molecule has 1 heterocycles. The van der Waals surface area contributed by atoms with E-state index in [4.69, 9.17) is 0 Å². The van der Waals surface area contributed by atoms with Crippen molar-refractivity contribution in [3.05, 3.63) is 0 Å². The number of rotatable bonds is 1. The minimum atomic E-state index is -0.347. The van der Waals surface area contributed by atoms with E-state index in [1.165, 1.54) is 32.1 Å². The highest BCUT2D eigenvalue weighted by Gasteiger charge is 2.39. The third-order valence-electron chi connectivity index (χ3n) is 3.43. The molecule has 1 saturated carbocycles. The fraction of sp³-hybridized carbons (Fsp3) is 1.00. The molecule has 1 aliphatic heterocycles. The fourth-order valence-electron chi connectivity index (χ4n) is 2.65. The fourth-order valence-corrected chi connectivity index (χ4v) is 2.65. The highest BCUT2D eigenvalue weighted by atomic mass is 16.3. The van der Waals surface area contributed by atoms with Crippen LogP contribution in [0.15, 0.2) is 0 Å². The molecule has 2 aliphatic rings. The summed E-state index contributed by atoms with van der Waals surface area (Å²) in [5.41, 5.74) is -0.347. The van der Waals surface area contributed by atoms with Crippen molar-refractivity contribution in [2.24, 2.45) is 0 Å². The smallest absolute Gasteiger partial charge is 0.0800 e. The summed E-state index contributed by atoms with van der Waals surface area (Å²) >= 11 is 0. The first kappa shape index (κ1) is 8.52. The maximum Gasteiger partial charge on any atom is 0.0800 e. The molecule has 2 heteroatoms. The molecule has 0 spiro atoms. The second kappa shape index (κ2) is 3.35. The van der Waals surface area contributed by atoms with Gasteiger partial charge in [-0.25, -0.2) is 0 Å². The lowest BCUT2D eigenvalue weighted by Gasteiger charge is -2.36. The quantitative estimate of drug-likeness (QED) is 0.622. The van der Waals surface area contributed by atoms with Gasteiger partial charge in [-0.2, -0.15) is 0 Å². The van der Waals surface area contributed by atoms with E-state index in [1.54, 1.807) is 0 Å². The Balaban J connectivity index is 1.96. The summed E-state index contributed by atoms with van der Waals surface area (Å²) in [6, 6.07) is 0.397. The molecule has 0 bridgehead atoms. The maximum absolute atomic E-state index is 10.3. The van der Waals surface area contributed by atoms with Crippen molar-refractivity contribution >= 4 is 0 Å². The second-order valence-electron chi connectivity index (χ2n) is 4.31. The molecule has 70 valence electrons. The van der Waals surface area contributed by atoms with Crippen LogP contribution < -0.4 is 5.32 Å². The van der Waals surface area contributed by atoms with E-state index >= 15 is 0 Å². The summed E-state index contributed by atoms with van der Waals surface area (Å²) in [6.45, 7) is 1.10. The van der Waals surface area contributed by atoms with Crippen molar-refractivity contribution in [1.29, 1.82) is 0 Å². The highest BCUT2D eigenvalue weighted by Crippen LogP contribution is 2.35. The summed E-state index contributed by atoms with van der Waals surface area (Å²) < 4.78 is 0. The molecular formula is C10H19NO. The normalized spacial score (nSPS) is 35.2. The van der Waals surface area contributed by atoms with Crippen LogP contribution >= 0.6 is 0 Å². The molecule has 1 aliphatic carbocycles. The van der Waals surface area contributed by atoms with Gasteiger partial charge in [-0.05, 0) is 32.2 Å². The van der Waals surface area contributed by atoms with Gasteiger partial charge in [0.05, 0.1) is 5.60 Å². The monoisotopic (exact) mass is 169 g/mol. The average molecular weight is 169 g/mol. The molecule has 0 aromatic carbocycles. The first-order chi connectivity index (χ1) is 5.81. The van der Waals surface area contributed by atoms with Crippen LogP contribution in [-0.4, -0.2) is 23.3 Å². The van der Waals surface area contributed by atoms with Crippen LogP contribution in [0.5, 0.6) is 0 Å². The zero-order valence-electron chi connectivity index (χ0n) is 7.68. The predicted octanol–water partition coefficient (Wildman–Crippen LogP) is 1.43. The Labute approximate surface area is 74.4 Å². The first-order valence-electron chi connectivity index (χ1n) is 5.27. The summed E-state index contributed by atoms with van der Waals surface area (Å²) in [6.07, 6.45) is 8.22. The zero-order chi connectivity index (χ0) is 8.44. The number of aliphatic hydroxyl groups is 1. The van der Waals surface area contributed by atoms with Gasteiger partial charge in [0.2, 0.25) is 0 Å². The SMILES string of the molecule is OC1([C@@H]2CCCCN2)CCCC1. The summed E-state index contributed by atoms with van der Waals surface area (Å²) in [5.74, 6) is 0. The summed E-state index contributed by atoms with van der Waals surface area (Å²) in [5, 5.41) is 13.7. The van der Waals surface area contributed by atoms with Crippen molar-refractivity contribution in [2.45, 2.75) is 56.6 Å². The third kappa shape index (κ3) is 1.50. The Hall–Kier alpha value is -0.0800. The molecule has 2 fully saturated rings. The predicted molar refractivity (Wildman–Crippen MR) is 49.1 cm³/mol.